The van der Waals surface area contributed by atoms with Crippen LogP contribution in [-0.2, 0) is 4.74 Å². The standard InChI is InChI=1S/C16H19BrO2/c1-10-3-4-12-8-19-9-13(12)16(10)11-5-6-15(18-2)14(17)7-11/h3-7,10,12-13,16H,8-9H2,1-2H3/t10-,12-,13+,16-/m1/s1. The Morgan fingerprint density at radius 1 is 1.26 bits per heavy atom. The molecule has 0 bridgehead atoms. The molecule has 0 N–H and O–H groups in total. The Kier molecular flexibility index (Phi) is 3.68. The first-order valence-corrected chi connectivity index (χ1v) is 7.59. The number of allylic oxidation sites excluding steroid dienone is 1. The van der Waals surface area contributed by atoms with Crippen molar-refractivity contribution < 1.29 is 9.47 Å². The molecule has 0 amide bonds. The highest BCUT2D eigenvalue weighted by Crippen LogP contribution is 2.45. The van der Waals surface area contributed by atoms with Gasteiger partial charge in [-0.15, -0.1) is 0 Å². The average Bonchev–Trinajstić information content (AvgIpc) is 2.86. The molecule has 1 aromatic rings. The van der Waals surface area contributed by atoms with E-state index in [9.17, 15) is 0 Å². The summed E-state index contributed by atoms with van der Waals surface area (Å²) in [6.45, 7) is 4.06. The van der Waals surface area contributed by atoms with Crippen LogP contribution in [-0.4, -0.2) is 20.3 Å². The van der Waals surface area contributed by atoms with Crippen LogP contribution in [0.25, 0.3) is 0 Å². The van der Waals surface area contributed by atoms with Crippen molar-refractivity contribution in [3.8, 4) is 5.75 Å². The lowest BCUT2D eigenvalue weighted by molar-refractivity contribution is 0.176. The molecule has 1 aliphatic carbocycles. The van der Waals surface area contributed by atoms with Crippen LogP contribution >= 0.6 is 15.9 Å². The van der Waals surface area contributed by atoms with Gasteiger partial charge in [-0.2, -0.15) is 0 Å². The van der Waals surface area contributed by atoms with Crippen molar-refractivity contribution in [1.82, 2.24) is 0 Å². The van der Waals surface area contributed by atoms with Crippen LogP contribution in [0.2, 0.25) is 0 Å². The number of halogens is 1. The normalized spacial score (nSPS) is 33.2. The summed E-state index contributed by atoms with van der Waals surface area (Å²) in [4.78, 5) is 0. The van der Waals surface area contributed by atoms with Crippen molar-refractivity contribution in [1.29, 1.82) is 0 Å². The van der Waals surface area contributed by atoms with Gasteiger partial charge >= 0.3 is 0 Å². The molecular weight excluding hydrogens is 304 g/mol. The molecule has 2 aliphatic rings. The van der Waals surface area contributed by atoms with Crippen LogP contribution in [0, 0.1) is 17.8 Å². The molecule has 1 aliphatic heterocycles. The predicted molar refractivity (Wildman–Crippen MR) is 79.5 cm³/mol. The number of methoxy groups -OCH3 is 1. The zero-order valence-corrected chi connectivity index (χ0v) is 12.9. The van der Waals surface area contributed by atoms with E-state index in [1.807, 2.05) is 0 Å². The quantitative estimate of drug-likeness (QED) is 0.766. The van der Waals surface area contributed by atoms with Gasteiger partial charge in [0.1, 0.15) is 5.75 Å². The summed E-state index contributed by atoms with van der Waals surface area (Å²) < 4.78 is 12.0. The molecule has 0 radical (unpaired) electrons. The summed E-state index contributed by atoms with van der Waals surface area (Å²) >= 11 is 3.59. The third kappa shape index (κ3) is 2.34. The molecule has 3 rings (SSSR count). The van der Waals surface area contributed by atoms with Gasteiger partial charge in [-0.05, 0) is 51.4 Å². The monoisotopic (exact) mass is 322 g/mol. The van der Waals surface area contributed by atoms with Crippen LogP contribution in [0.15, 0.2) is 34.8 Å². The number of hydrogen-bond donors (Lipinski definition) is 0. The Bertz CT molecular complexity index is 498. The highest BCUT2D eigenvalue weighted by atomic mass is 79.9. The Morgan fingerprint density at radius 2 is 2.11 bits per heavy atom. The number of benzene rings is 1. The van der Waals surface area contributed by atoms with E-state index in [1.54, 1.807) is 7.11 Å². The number of ether oxygens (including phenoxy) is 2. The number of fused-ring (bicyclic) bond motifs is 1. The fraction of sp³-hybridized carbons (Fsp3) is 0.500. The van der Waals surface area contributed by atoms with Crippen molar-refractivity contribution in [3.05, 3.63) is 40.4 Å². The van der Waals surface area contributed by atoms with Gasteiger partial charge in [-0.25, -0.2) is 0 Å². The molecule has 0 saturated carbocycles. The van der Waals surface area contributed by atoms with E-state index in [-0.39, 0.29) is 0 Å². The molecule has 1 fully saturated rings. The van der Waals surface area contributed by atoms with Gasteiger partial charge in [0, 0.05) is 5.92 Å². The highest BCUT2D eigenvalue weighted by Gasteiger charge is 2.39. The Balaban J connectivity index is 1.95. The lowest BCUT2D eigenvalue weighted by Gasteiger charge is -2.34. The zero-order chi connectivity index (χ0) is 13.4. The van der Waals surface area contributed by atoms with E-state index in [0.29, 0.717) is 23.7 Å². The van der Waals surface area contributed by atoms with Gasteiger partial charge < -0.3 is 9.47 Å². The average molecular weight is 323 g/mol. The highest BCUT2D eigenvalue weighted by molar-refractivity contribution is 9.10. The second kappa shape index (κ2) is 5.29. The van der Waals surface area contributed by atoms with Crippen LogP contribution in [0.4, 0.5) is 0 Å². The minimum absolute atomic E-state index is 0.541. The summed E-state index contributed by atoms with van der Waals surface area (Å²) in [7, 11) is 1.70. The Hall–Kier alpha value is -0.800. The molecule has 2 nitrogen and oxygen atoms in total. The second-order valence-corrected chi connectivity index (χ2v) is 6.38. The van der Waals surface area contributed by atoms with Gasteiger partial charge in [-0.1, -0.05) is 25.1 Å². The maximum absolute atomic E-state index is 5.68. The first-order valence-electron chi connectivity index (χ1n) is 6.80. The smallest absolute Gasteiger partial charge is 0.133 e. The summed E-state index contributed by atoms with van der Waals surface area (Å²) in [5, 5.41) is 0. The largest absolute Gasteiger partial charge is 0.496 e. The van der Waals surface area contributed by atoms with Gasteiger partial charge in [0.25, 0.3) is 0 Å². The second-order valence-electron chi connectivity index (χ2n) is 5.53. The van der Waals surface area contributed by atoms with Gasteiger partial charge in [0.15, 0.2) is 0 Å². The molecule has 0 spiro atoms. The van der Waals surface area contributed by atoms with Crippen LogP contribution in [0.5, 0.6) is 5.75 Å². The van der Waals surface area contributed by atoms with Crippen LogP contribution in [0.3, 0.4) is 0 Å². The van der Waals surface area contributed by atoms with Crippen molar-refractivity contribution in [2.75, 3.05) is 20.3 Å². The summed E-state index contributed by atoms with van der Waals surface area (Å²) in [5.74, 6) is 3.19. The first kappa shape index (κ1) is 13.2. The summed E-state index contributed by atoms with van der Waals surface area (Å²) in [6, 6.07) is 6.45. The van der Waals surface area contributed by atoms with Gasteiger partial charge in [0.05, 0.1) is 24.8 Å². The van der Waals surface area contributed by atoms with Crippen LogP contribution < -0.4 is 4.74 Å². The fourth-order valence-electron chi connectivity index (χ4n) is 3.42. The topological polar surface area (TPSA) is 18.5 Å². The fourth-order valence-corrected chi connectivity index (χ4v) is 3.98. The Morgan fingerprint density at radius 3 is 2.84 bits per heavy atom. The minimum Gasteiger partial charge on any atom is -0.496 e. The molecule has 0 unspecified atom stereocenters. The van der Waals surface area contributed by atoms with Crippen molar-refractivity contribution >= 4 is 15.9 Å². The van der Waals surface area contributed by atoms with E-state index in [4.69, 9.17) is 9.47 Å². The molecule has 0 aromatic heterocycles. The first-order chi connectivity index (χ1) is 9.20. The van der Waals surface area contributed by atoms with E-state index in [2.05, 4.69) is 53.2 Å². The molecule has 102 valence electrons. The number of rotatable bonds is 2. The van der Waals surface area contributed by atoms with E-state index in [1.165, 1.54) is 5.56 Å². The van der Waals surface area contributed by atoms with Gasteiger partial charge in [-0.3, -0.25) is 0 Å². The zero-order valence-electron chi connectivity index (χ0n) is 11.3. The minimum atomic E-state index is 0.541. The van der Waals surface area contributed by atoms with E-state index in [0.717, 1.165) is 23.4 Å². The lowest BCUT2D eigenvalue weighted by Crippen LogP contribution is -2.27. The number of hydrogen-bond acceptors (Lipinski definition) is 2. The SMILES string of the molecule is COc1ccc([C@@H]2[C@H]3COC[C@H]3C=C[C@H]2C)cc1Br. The molecular formula is C16H19BrO2. The predicted octanol–water partition coefficient (Wildman–Crippen LogP) is 4.01. The molecule has 19 heavy (non-hydrogen) atoms. The molecule has 1 aromatic carbocycles. The molecule has 3 heteroatoms. The van der Waals surface area contributed by atoms with Crippen molar-refractivity contribution in [3.63, 3.8) is 0 Å². The van der Waals surface area contributed by atoms with E-state index < -0.39 is 0 Å². The van der Waals surface area contributed by atoms with E-state index >= 15 is 0 Å². The maximum Gasteiger partial charge on any atom is 0.133 e. The Labute approximate surface area is 122 Å². The molecule has 4 atom stereocenters. The summed E-state index contributed by atoms with van der Waals surface area (Å²) in [6.07, 6.45) is 4.69. The lowest BCUT2D eigenvalue weighted by atomic mass is 9.69. The molecule has 1 saturated heterocycles. The molecule has 1 heterocycles. The summed E-state index contributed by atoms with van der Waals surface area (Å²) in [5.41, 5.74) is 1.38. The maximum atomic E-state index is 5.68. The third-order valence-electron chi connectivity index (χ3n) is 4.42. The van der Waals surface area contributed by atoms with Crippen molar-refractivity contribution in [2.45, 2.75) is 12.8 Å². The van der Waals surface area contributed by atoms with Crippen molar-refractivity contribution in [2.24, 2.45) is 17.8 Å². The third-order valence-corrected chi connectivity index (χ3v) is 5.04. The van der Waals surface area contributed by atoms with Crippen LogP contribution in [0.1, 0.15) is 18.4 Å². The van der Waals surface area contributed by atoms with Gasteiger partial charge in [0.2, 0.25) is 0 Å².